The van der Waals surface area contributed by atoms with Crippen LogP contribution in [0.25, 0.3) is 74.7 Å². The van der Waals surface area contributed by atoms with Crippen LogP contribution in [0.4, 0.5) is 0 Å². The molecule has 8 rings (SSSR count). The normalized spacial score (nSPS) is 14.8. The molecule has 0 N–H and O–H groups in total. The first-order chi connectivity index (χ1) is 21.7. The Morgan fingerprint density at radius 3 is 1.62 bits per heavy atom. The first kappa shape index (κ1) is 14.3. The van der Waals surface area contributed by atoms with Crippen LogP contribution in [0.5, 0.6) is 0 Å². The number of benzene rings is 7. The molecule has 0 aliphatic rings. The van der Waals surface area contributed by atoms with E-state index in [2.05, 4.69) is 24.3 Å². The Kier molecular flexibility index (Phi) is 3.11. The predicted molar refractivity (Wildman–Crippen MR) is 163 cm³/mol. The molecule has 37 heavy (non-hydrogen) atoms. The Labute approximate surface area is 230 Å². The molecule has 0 spiro atoms. The fourth-order valence-corrected chi connectivity index (χ4v) is 6.54. The molecule has 172 valence electrons. The highest BCUT2D eigenvalue weighted by Gasteiger charge is 2.17. The van der Waals surface area contributed by atoms with E-state index in [-0.39, 0.29) is 45.7 Å². The molecule has 0 nitrogen and oxygen atoms in total. The number of hydrogen-bond acceptors (Lipinski definition) is 1. The Morgan fingerprint density at radius 2 is 0.973 bits per heavy atom. The molecule has 0 fully saturated rings. The van der Waals surface area contributed by atoms with E-state index >= 15 is 0 Å². The van der Waals surface area contributed by atoms with Crippen molar-refractivity contribution in [2.45, 2.75) is 0 Å². The molecule has 0 aliphatic carbocycles. The van der Waals surface area contributed by atoms with Gasteiger partial charge in [-0.25, -0.2) is 0 Å². The number of thiophene rings is 1. The molecule has 0 saturated carbocycles. The van der Waals surface area contributed by atoms with Crippen molar-refractivity contribution in [1.82, 2.24) is 0 Å². The molecule has 0 radical (unpaired) electrons. The van der Waals surface area contributed by atoms with Crippen molar-refractivity contribution in [3.8, 4) is 22.3 Å². The van der Waals surface area contributed by atoms with Gasteiger partial charge >= 0.3 is 0 Å². The second-order valence-electron chi connectivity index (χ2n) is 9.12. The molecule has 0 amide bonds. The van der Waals surface area contributed by atoms with Gasteiger partial charge in [-0.1, -0.05) is 109 Å². The van der Waals surface area contributed by atoms with Crippen LogP contribution in [0.1, 0.15) is 11.0 Å². The fraction of sp³-hybridized carbons (Fsp3) is 0. The highest BCUT2D eigenvalue weighted by Crippen LogP contribution is 2.45. The second kappa shape index (κ2) is 8.03. The third kappa shape index (κ3) is 3.15. The maximum Gasteiger partial charge on any atom is 0.0629 e. The van der Waals surface area contributed by atoms with E-state index in [0.717, 1.165) is 30.9 Å². The van der Waals surface area contributed by atoms with E-state index < -0.39 is 24.2 Å². The smallest absolute Gasteiger partial charge is 0.0629 e. The Hall–Kier alpha value is -4.46. The van der Waals surface area contributed by atoms with E-state index in [1.165, 1.54) is 0 Å². The first-order valence-corrected chi connectivity index (χ1v) is 12.9. The zero-order valence-corrected chi connectivity index (χ0v) is 20.3. The highest BCUT2D eigenvalue weighted by molar-refractivity contribution is 7.25. The third-order valence-electron chi connectivity index (χ3n) is 7.06. The lowest BCUT2D eigenvalue weighted by Crippen LogP contribution is -1.90. The van der Waals surface area contributed by atoms with Gasteiger partial charge in [0.1, 0.15) is 0 Å². The molecule has 0 atom stereocenters. The van der Waals surface area contributed by atoms with Gasteiger partial charge in [0.15, 0.2) is 0 Å². The van der Waals surface area contributed by atoms with Gasteiger partial charge in [0, 0.05) is 20.2 Å². The molecule has 1 heterocycles. The minimum Gasteiger partial charge on any atom is -0.135 e. The maximum absolute atomic E-state index is 9.14. The Balaban J connectivity index is 1.63. The van der Waals surface area contributed by atoms with Crippen LogP contribution in [0.2, 0.25) is 0 Å². The predicted octanol–water partition coefficient (Wildman–Crippen LogP) is 10.8. The summed E-state index contributed by atoms with van der Waals surface area (Å²) >= 11 is 1.66. The topological polar surface area (TPSA) is 0 Å². The Morgan fingerprint density at radius 1 is 0.432 bits per heavy atom. The van der Waals surface area contributed by atoms with Gasteiger partial charge in [-0.05, 0) is 78.8 Å². The van der Waals surface area contributed by atoms with Crippen LogP contribution in [0.3, 0.4) is 0 Å². The number of fused-ring (bicyclic) bond motifs is 6. The summed E-state index contributed by atoms with van der Waals surface area (Å²) in [5.74, 6) is 0. The van der Waals surface area contributed by atoms with Crippen molar-refractivity contribution >= 4 is 63.8 Å². The third-order valence-corrected chi connectivity index (χ3v) is 8.20. The van der Waals surface area contributed by atoms with Crippen LogP contribution < -0.4 is 0 Å². The quantitative estimate of drug-likeness (QED) is 0.210. The van der Waals surface area contributed by atoms with E-state index in [1.807, 2.05) is 36.4 Å². The van der Waals surface area contributed by atoms with E-state index in [0.29, 0.717) is 22.3 Å². The molecule has 8 aromatic rings. The van der Waals surface area contributed by atoms with Crippen molar-refractivity contribution in [2.24, 2.45) is 0 Å². The highest BCUT2D eigenvalue weighted by atomic mass is 32.1. The molecule has 0 saturated heterocycles. The molecule has 7 aromatic carbocycles. The van der Waals surface area contributed by atoms with E-state index in [9.17, 15) is 0 Å². The van der Waals surface area contributed by atoms with Gasteiger partial charge in [-0.3, -0.25) is 0 Å². The van der Waals surface area contributed by atoms with E-state index in [1.54, 1.807) is 35.6 Å². The second-order valence-corrected chi connectivity index (χ2v) is 10.2. The van der Waals surface area contributed by atoms with Crippen LogP contribution in [0, 0.1) is 0 Å². The van der Waals surface area contributed by atoms with Crippen LogP contribution in [-0.2, 0) is 0 Å². The molecule has 0 unspecified atom stereocenters. The van der Waals surface area contributed by atoms with Gasteiger partial charge in [-0.2, -0.15) is 0 Å². The minimum absolute atomic E-state index is 0.223. The SMILES string of the molecule is [2H]c1c([2H])c([2H])c2c(-c3ccc4sc5cc6ccccc6cc5c4c3)c3c([2H])c([2H])c([2H])c([2H])c3c(-c3ccccc3)c2c1[2H]. The molecule has 1 heteroatoms. The summed E-state index contributed by atoms with van der Waals surface area (Å²) < 4.78 is 73.0. The fourth-order valence-electron chi connectivity index (χ4n) is 5.42. The summed E-state index contributed by atoms with van der Waals surface area (Å²) in [6.45, 7) is 0. The maximum atomic E-state index is 9.14. The van der Waals surface area contributed by atoms with Gasteiger partial charge in [-0.15, -0.1) is 11.3 Å². The summed E-state index contributed by atoms with van der Waals surface area (Å²) in [4.78, 5) is 0. The van der Waals surface area contributed by atoms with Gasteiger partial charge in [0.25, 0.3) is 0 Å². The molecular formula is C36H22S. The van der Waals surface area contributed by atoms with Crippen molar-refractivity contribution < 1.29 is 11.0 Å². The van der Waals surface area contributed by atoms with Crippen LogP contribution in [-0.4, -0.2) is 0 Å². The number of rotatable bonds is 2. The summed E-state index contributed by atoms with van der Waals surface area (Å²) in [6.07, 6.45) is 0. The molecule has 0 bridgehead atoms. The largest absolute Gasteiger partial charge is 0.135 e. The van der Waals surface area contributed by atoms with Crippen molar-refractivity contribution in [3.05, 3.63) is 133 Å². The van der Waals surface area contributed by atoms with Crippen molar-refractivity contribution in [1.29, 1.82) is 0 Å². The lowest BCUT2D eigenvalue weighted by atomic mass is 9.86. The first-order valence-electron chi connectivity index (χ1n) is 16.0. The lowest BCUT2D eigenvalue weighted by molar-refractivity contribution is 1.66. The summed E-state index contributed by atoms with van der Waals surface area (Å²) in [7, 11) is 0. The average molecular weight is 495 g/mol. The van der Waals surface area contributed by atoms with Gasteiger partial charge in [0.05, 0.1) is 11.0 Å². The van der Waals surface area contributed by atoms with Crippen molar-refractivity contribution in [3.63, 3.8) is 0 Å². The van der Waals surface area contributed by atoms with Gasteiger partial charge < -0.3 is 0 Å². The summed E-state index contributed by atoms with van der Waals surface area (Å²) in [5.41, 5.74) is 1.93. The Bertz CT molecular complexity index is 2490. The number of hydrogen-bond donors (Lipinski definition) is 0. The minimum atomic E-state index is -0.401. The van der Waals surface area contributed by atoms with Gasteiger partial charge in [0.2, 0.25) is 0 Å². The lowest BCUT2D eigenvalue weighted by Gasteiger charge is -2.17. The van der Waals surface area contributed by atoms with Crippen LogP contribution in [0.15, 0.2) is 133 Å². The zero-order chi connectivity index (χ0) is 31.3. The summed E-state index contributed by atoms with van der Waals surface area (Å²) in [5, 5.41) is 5.14. The molecule has 1 aromatic heterocycles. The average Bonchev–Trinajstić information content (AvgIpc) is 3.42. The monoisotopic (exact) mass is 494 g/mol. The molecular weight excluding hydrogens is 464 g/mol. The zero-order valence-electron chi connectivity index (χ0n) is 27.5. The standard InChI is InChI=1S/C36H22S/c1-2-10-23(11-3-1)35-27-14-6-8-16-29(27)36(30-17-9-7-15-28(30)35)26-18-19-33-31(21-26)32-20-24-12-4-5-13-25(24)22-34(32)37-33/h1-22H/i6D,7D,8D,9D,14D,15D,16D,17D. The molecule has 0 aliphatic heterocycles. The van der Waals surface area contributed by atoms with Crippen molar-refractivity contribution in [2.75, 3.05) is 0 Å². The van der Waals surface area contributed by atoms with E-state index in [4.69, 9.17) is 11.0 Å². The van der Waals surface area contributed by atoms with Crippen LogP contribution >= 0.6 is 11.3 Å². The summed E-state index contributed by atoms with van der Waals surface area (Å²) in [6, 6.07) is 24.7.